The summed E-state index contributed by atoms with van der Waals surface area (Å²) in [5, 5.41) is 2.69. The SMILES string of the molecule is O=C(Nc1ccn([C@H]2CC[C@H](COC(c3ccccc3)(c3ccccc3)c3ccccc3)O2)c(=O)n1)c1ccccc1. The van der Waals surface area contributed by atoms with Gasteiger partial charge in [0.15, 0.2) is 0 Å². The maximum atomic E-state index is 12.9. The zero-order chi connectivity index (χ0) is 28.8. The molecule has 0 unspecified atom stereocenters. The predicted octanol–water partition coefficient (Wildman–Crippen LogP) is 6.18. The summed E-state index contributed by atoms with van der Waals surface area (Å²) < 4.78 is 14.7. The lowest BCUT2D eigenvalue weighted by atomic mass is 9.80. The fraction of sp³-hybridized carbons (Fsp3) is 0.171. The zero-order valence-corrected chi connectivity index (χ0v) is 23.0. The van der Waals surface area contributed by atoms with Crippen LogP contribution in [0.1, 0.15) is 46.1 Å². The summed E-state index contributed by atoms with van der Waals surface area (Å²) in [4.78, 5) is 29.5. The highest BCUT2D eigenvalue weighted by molar-refractivity contribution is 6.03. The summed E-state index contributed by atoms with van der Waals surface area (Å²) in [5.74, 6) is -0.130. The summed E-state index contributed by atoms with van der Waals surface area (Å²) in [6, 6.07) is 41.0. The second-order valence-electron chi connectivity index (χ2n) is 10.2. The van der Waals surface area contributed by atoms with E-state index in [0.717, 1.165) is 23.1 Å². The minimum absolute atomic E-state index is 0.196. The lowest BCUT2D eigenvalue weighted by Gasteiger charge is -2.36. The Morgan fingerprint density at radius 2 is 1.31 bits per heavy atom. The van der Waals surface area contributed by atoms with Crippen LogP contribution in [-0.2, 0) is 15.1 Å². The van der Waals surface area contributed by atoms with E-state index in [1.165, 1.54) is 4.57 Å². The fourth-order valence-electron chi connectivity index (χ4n) is 5.48. The van der Waals surface area contributed by atoms with Gasteiger partial charge in [0.2, 0.25) is 0 Å². The molecule has 2 atom stereocenters. The molecule has 1 saturated heterocycles. The maximum absolute atomic E-state index is 12.9. The van der Waals surface area contributed by atoms with E-state index in [4.69, 9.17) is 9.47 Å². The molecule has 0 aliphatic carbocycles. The van der Waals surface area contributed by atoms with Crippen LogP contribution in [-0.4, -0.2) is 28.2 Å². The van der Waals surface area contributed by atoms with Crippen LogP contribution in [0.25, 0.3) is 0 Å². The van der Waals surface area contributed by atoms with Crippen molar-refractivity contribution < 1.29 is 14.3 Å². The van der Waals surface area contributed by atoms with E-state index in [1.54, 1.807) is 36.5 Å². The molecule has 2 heterocycles. The van der Waals surface area contributed by atoms with Crippen LogP contribution >= 0.6 is 0 Å². The number of carbonyl (C=O) groups excluding carboxylic acids is 1. The van der Waals surface area contributed by atoms with Crippen LogP contribution in [0.2, 0.25) is 0 Å². The maximum Gasteiger partial charge on any atom is 0.351 e. The molecule has 0 spiro atoms. The summed E-state index contributed by atoms with van der Waals surface area (Å²) in [6.45, 7) is 0.322. The van der Waals surface area contributed by atoms with E-state index in [2.05, 4.69) is 46.7 Å². The molecule has 0 bridgehead atoms. The second kappa shape index (κ2) is 12.3. The monoisotopic (exact) mass is 557 g/mol. The van der Waals surface area contributed by atoms with E-state index >= 15 is 0 Å². The third kappa shape index (κ3) is 5.65. The molecule has 7 heteroatoms. The minimum Gasteiger partial charge on any atom is -0.358 e. The Hall–Kier alpha value is -4.85. The second-order valence-corrected chi connectivity index (χ2v) is 10.2. The van der Waals surface area contributed by atoms with Gasteiger partial charge in [-0.25, -0.2) is 4.79 Å². The van der Waals surface area contributed by atoms with E-state index in [1.807, 2.05) is 60.7 Å². The van der Waals surface area contributed by atoms with E-state index in [9.17, 15) is 9.59 Å². The van der Waals surface area contributed by atoms with Gasteiger partial charge in [-0.2, -0.15) is 4.98 Å². The first-order chi connectivity index (χ1) is 20.6. The third-order valence-electron chi connectivity index (χ3n) is 7.53. The van der Waals surface area contributed by atoms with Gasteiger partial charge in [0.05, 0.1) is 12.7 Å². The Balaban J connectivity index is 1.20. The molecule has 210 valence electrons. The first kappa shape index (κ1) is 27.3. The number of hydrogen-bond donors (Lipinski definition) is 1. The molecule has 7 nitrogen and oxygen atoms in total. The molecular weight excluding hydrogens is 526 g/mol. The number of aromatic nitrogens is 2. The van der Waals surface area contributed by atoms with Crippen LogP contribution in [0.3, 0.4) is 0 Å². The van der Waals surface area contributed by atoms with Crippen molar-refractivity contribution in [1.82, 2.24) is 9.55 Å². The standard InChI is InChI=1S/C35H31N3O4/c39-33(26-13-5-1-6-14-26)36-31-23-24-38(34(40)37-31)32-22-21-30(42-32)25-41-35(27-15-7-2-8-16-27,28-17-9-3-10-18-28)29-19-11-4-12-20-29/h1-20,23-24,30,32H,21-22,25H2,(H,36,37,39,40)/t30-,32-/m1/s1. The fourth-order valence-corrected chi connectivity index (χ4v) is 5.48. The van der Waals surface area contributed by atoms with Gasteiger partial charge < -0.3 is 14.8 Å². The number of amides is 1. The van der Waals surface area contributed by atoms with Crippen molar-refractivity contribution >= 4 is 11.7 Å². The van der Waals surface area contributed by atoms with Crippen molar-refractivity contribution in [3.05, 3.63) is 166 Å². The molecule has 1 aromatic heterocycles. The number of rotatable bonds is 9. The number of hydrogen-bond acceptors (Lipinski definition) is 5. The predicted molar refractivity (Wildman–Crippen MR) is 161 cm³/mol. The molecule has 0 radical (unpaired) electrons. The largest absolute Gasteiger partial charge is 0.358 e. The van der Waals surface area contributed by atoms with Gasteiger partial charge in [-0.05, 0) is 47.7 Å². The molecule has 5 aromatic rings. The van der Waals surface area contributed by atoms with Gasteiger partial charge in [0.1, 0.15) is 17.6 Å². The Kier molecular flexibility index (Phi) is 8.03. The summed E-state index contributed by atoms with van der Waals surface area (Å²) in [5.41, 5.74) is 2.21. The Labute approximate surface area is 244 Å². The lowest BCUT2D eigenvalue weighted by molar-refractivity contribution is -0.0773. The van der Waals surface area contributed by atoms with Crippen LogP contribution in [0.15, 0.2) is 138 Å². The number of nitrogens with zero attached hydrogens (tertiary/aromatic N) is 2. The van der Waals surface area contributed by atoms with E-state index in [-0.39, 0.29) is 17.8 Å². The van der Waals surface area contributed by atoms with E-state index in [0.29, 0.717) is 18.6 Å². The summed E-state index contributed by atoms with van der Waals surface area (Å²) >= 11 is 0. The van der Waals surface area contributed by atoms with Gasteiger partial charge in [0, 0.05) is 11.8 Å². The molecule has 6 rings (SSSR count). The molecule has 4 aromatic carbocycles. The number of anilines is 1. The average Bonchev–Trinajstić information content (AvgIpc) is 3.52. The highest BCUT2D eigenvalue weighted by Gasteiger charge is 2.39. The smallest absolute Gasteiger partial charge is 0.351 e. The van der Waals surface area contributed by atoms with Crippen molar-refractivity contribution in [2.45, 2.75) is 30.8 Å². The number of benzene rings is 4. The van der Waals surface area contributed by atoms with Crippen LogP contribution in [0.4, 0.5) is 5.82 Å². The Morgan fingerprint density at radius 1 is 0.786 bits per heavy atom. The highest BCUT2D eigenvalue weighted by atomic mass is 16.6. The molecule has 1 aliphatic heterocycles. The first-order valence-corrected chi connectivity index (χ1v) is 14.0. The molecule has 1 amide bonds. The van der Waals surface area contributed by atoms with Gasteiger partial charge >= 0.3 is 5.69 Å². The van der Waals surface area contributed by atoms with Crippen molar-refractivity contribution in [1.29, 1.82) is 0 Å². The molecule has 1 aliphatic rings. The number of carbonyl (C=O) groups is 1. The van der Waals surface area contributed by atoms with Crippen molar-refractivity contribution in [3.8, 4) is 0 Å². The van der Waals surface area contributed by atoms with Gasteiger partial charge in [0.25, 0.3) is 5.91 Å². The van der Waals surface area contributed by atoms with Crippen LogP contribution in [0, 0.1) is 0 Å². The van der Waals surface area contributed by atoms with E-state index < -0.39 is 17.5 Å². The number of ether oxygens (including phenoxy) is 2. The molecule has 42 heavy (non-hydrogen) atoms. The normalized spacial score (nSPS) is 16.7. The summed E-state index contributed by atoms with van der Waals surface area (Å²) in [7, 11) is 0. The average molecular weight is 558 g/mol. The summed E-state index contributed by atoms with van der Waals surface area (Å²) in [6.07, 6.45) is 2.27. The topological polar surface area (TPSA) is 82.5 Å². The first-order valence-electron chi connectivity index (χ1n) is 14.0. The van der Waals surface area contributed by atoms with Crippen molar-refractivity contribution in [2.24, 2.45) is 0 Å². The van der Waals surface area contributed by atoms with Crippen molar-refractivity contribution in [3.63, 3.8) is 0 Å². The molecule has 1 N–H and O–H groups in total. The van der Waals surface area contributed by atoms with Crippen molar-refractivity contribution in [2.75, 3.05) is 11.9 Å². The zero-order valence-electron chi connectivity index (χ0n) is 23.0. The van der Waals surface area contributed by atoms with Gasteiger partial charge in [-0.3, -0.25) is 9.36 Å². The minimum atomic E-state index is -0.845. The molecular formula is C35H31N3O4. The molecule has 0 saturated carbocycles. The molecule has 1 fully saturated rings. The Bertz CT molecular complexity index is 1580. The van der Waals surface area contributed by atoms with Gasteiger partial charge in [-0.1, -0.05) is 109 Å². The highest BCUT2D eigenvalue weighted by Crippen LogP contribution is 2.41. The van der Waals surface area contributed by atoms with Gasteiger partial charge in [-0.15, -0.1) is 0 Å². The van der Waals surface area contributed by atoms with Crippen LogP contribution in [0.5, 0.6) is 0 Å². The quantitative estimate of drug-likeness (QED) is 0.219. The third-order valence-corrected chi connectivity index (χ3v) is 7.53. The number of nitrogens with one attached hydrogen (secondary N) is 1. The van der Waals surface area contributed by atoms with Crippen LogP contribution < -0.4 is 11.0 Å². The Morgan fingerprint density at radius 3 is 1.83 bits per heavy atom. The lowest BCUT2D eigenvalue weighted by Crippen LogP contribution is -2.36.